The van der Waals surface area contributed by atoms with Crippen LogP contribution in [0.5, 0.6) is 0 Å². The van der Waals surface area contributed by atoms with E-state index in [4.69, 9.17) is 0 Å². The van der Waals surface area contributed by atoms with Gasteiger partial charge in [0.2, 0.25) is 0 Å². The standard InChI is InChI=1S/C7H5FOS/c8-6-2-1-3-7(10)5(6)4-9/h1-4,10H. The number of hydrogen-bond donors (Lipinski definition) is 1. The van der Waals surface area contributed by atoms with Gasteiger partial charge < -0.3 is 0 Å². The second kappa shape index (κ2) is 2.84. The lowest BCUT2D eigenvalue weighted by molar-refractivity contribution is 0.111. The molecule has 0 amide bonds. The highest BCUT2D eigenvalue weighted by molar-refractivity contribution is 7.80. The van der Waals surface area contributed by atoms with Gasteiger partial charge in [0, 0.05) is 4.90 Å². The Balaban J connectivity index is 3.30. The van der Waals surface area contributed by atoms with Crippen molar-refractivity contribution in [2.24, 2.45) is 0 Å². The molecular weight excluding hydrogens is 151 g/mol. The second-order valence-corrected chi connectivity index (χ2v) is 2.27. The topological polar surface area (TPSA) is 17.1 Å². The van der Waals surface area contributed by atoms with Crippen LogP contribution in [0.4, 0.5) is 4.39 Å². The van der Waals surface area contributed by atoms with Gasteiger partial charge >= 0.3 is 0 Å². The van der Waals surface area contributed by atoms with Crippen molar-refractivity contribution in [3.05, 3.63) is 29.6 Å². The highest BCUT2D eigenvalue weighted by atomic mass is 32.1. The summed E-state index contributed by atoms with van der Waals surface area (Å²) in [6.45, 7) is 0. The Kier molecular flexibility index (Phi) is 2.06. The van der Waals surface area contributed by atoms with Crippen molar-refractivity contribution in [3.63, 3.8) is 0 Å². The fourth-order valence-corrected chi connectivity index (χ4v) is 0.888. The third-order valence-electron chi connectivity index (χ3n) is 1.15. The van der Waals surface area contributed by atoms with E-state index in [2.05, 4.69) is 12.6 Å². The van der Waals surface area contributed by atoms with E-state index in [1.807, 2.05) is 0 Å². The number of carbonyl (C=O) groups excluding carboxylic acids is 1. The van der Waals surface area contributed by atoms with E-state index in [-0.39, 0.29) is 5.56 Å². The zero-order valence-electron chi connectivity index (χ0n) is 5.04. The minimum Gasteiger partial charge on any atom is -0.298 e. The van der Waals surface area contributed by atoms with Crippen LogP contribution in [0.2, 0.25) is 0 Å². The molecule has 0 spiro atoms. The van der Waals surface area contributed by atoms with E-state index in [0.717, 1.165) is 0 Å². The van der Waals surface area contributed by atoms with Crippen molar-refractivity contribution < 1.29 is 9.18 Å². The fourth-order valence-electron chi connectivity index (χ4n) is 0.642. The maximum Gasteiger partial charge on any atom is 0.154 e. The Morgan fingerprint density at radius 2 is 2.20 bits per heavy atom. The largest absolute Gasteiger partial charge is 0.298 e. The quantitative estimate of drug-likeness (QED) is 0.485. The summed E-state index contributed by atoms with van der Waals surface area (Å²) < 4.78 is 12.6. The number of benzene rings is 1. The van der Waals surface area contributed by atoms with E-state index < -0.39 is 5.82 Å². The average Bonchev–Trinajstić information content (AvgIpc) is 1.88. The Morgan fingerprint density at radius 1 is 1.50 bits per heavy atom. The van der Waals surface area contributed by atoms with Gasteiger partial charge in [-0.15, -0.1) is 12.6 Å². The molecule has 0 aliphatic rings. The summed E-state index contributed by atoms with van der Waals surface area (Å²) in [5.74, 6) is -0.525. The zero-order chi connectivity index (χ0) is 7.56. The minimum atomic E-state index is -0.525. The van der Waals surface area contributed by atoms with E-state index in [1.54, 1.807) is 6.07 Å². The number of hydrogen-bond acceptors (Lipinski definition) is 2. The molecule has 3 heteroatoms. The zero-order valence-corrected chi connectivity index (χ0v) is 5.94. The fraction of sp³-hybridized carbons (Fsp3) is 0. The molecule has 52 valence electrons. The summed E-state index contributed by atoms with van der Waals surface area (Å²) in [5.41, 5.74) is 0.0193. The van der Waals surface area contributed by atoms with Crippen molar-refractivity contribution in [3.8, 4) is 0 Å². The summed E-state index contributed by atoms with van der Waals surface area (Å²) in [5, 5.41) is 0. The van der Waals surface area contributed by atoms with Crippen molar-refractivity contribution in [1.29, 1.82) is 0 Å². The van der Waals surface area contributed by atoms with Gasteiger partial charge in [-0.05, 0) is 12.1 Å². The van der Waals surface area contributed by atoms with Crippen LogP contribution in [0.15, 0.2) is 23.1 Å². The number of rotatable bonds is 1. The maximum absolute atomic E-state index is 12.6. The molecule has 0 radical (unpaired) electrons. The number of halogens is 1. The summed E-state index contributed by atoms with van der Waals surface area (Å²) in [6.07, 6.45) is 0.456. The predicted octanol–water partition coefficient (Wildman–Crippen LogP) is 1.93. The molecular formula is C7H5FOS. The molecule has 0 fully saturated rings. The van der Waals surface area contributed by atoms with Gasteiger partial charge in [0.05, 0.1) is 5.56 Å². The lowest BCUT2D eigenvalue weighted by Gasteiger charge is -1.95. The van der Waals surface area contributed by atoms with Crippen LogP contribution in [0.3, 0.4) is 0 Å². The van der Waals surface area contributed by atoms with E-state index in [0.29, 0.717) is 11.2 Å². The molecule has 0 saturated heterocycles. The molecule has 0 aliphatic heterocycles. The van der Waals surface area contributed by atoms with Gasteiger partial charge in [0.25, 0.3) is 0 Å². The number of aldehydes is 1. The Hall–Kier alpha value is -0.830. The van der Waals surface area contributed by atoms with E-state index in [1.165, 1.54) is 12.1 Å². The van der Waals surface area contributed by atoms with Crippen molar-refractivity contribution in [2.45, 2.75) is 4.90 Å². The molecule has 0 unspecified atom stereocenters. The van der Waals surface area contributed by atoms with Crippen LogP contribution >= 0.6 is 12.6 Å². The lowest BCUT2D eigenvalue weighted by atomic mass is 10.2. The van der Waals surface area contributed by atoms with Gasteiger partial charge in [0.1, 0.15) is 5.82 Å². The molecule has 1 aromatic rings. The van der Waals surface area contributed by atoms with Crippen molar-refractivity contribution >= 4 is 18.9 Å². The first-order chi connectivity index (χ1) is 4.75. The second-order valence-electron chi connectivity index (χ2n) is 1.79. The Labute approximate surface area is 63.3 Å². The molecule has 1 nitrogen and oxygen atoms in total. The minimum absolute atomic E-state index is 0.0193. The number of thiol groups is 1. The highest BCUT2D eigenvalue weighted by Crippen LogP contribution is 2.13. The van der Waals surface area contributed by atoms with Crippen LogP contribution < -0.4 is 0 Å². The lowest BCUT2D eigenvalue weighted by Crippen LogP contribution is -1.87. The van der Waals surface area contributed by atoms with Crippen LogP contribution in [0.1, 0.15) is 10.4 Å². The first-order valence-electron chi connectivity index (χ1n) is 2.68. The normalized spacial score (nSPS) is 9.40. The smallest absolute Gasteiger partial charge is 0.154 e. The first kappa shape index (κ1) is 7.28. The van der Waals surface area contributed by atoms with Gasteiger partial charge in [-0.1, -0.05) is 6.07 Å². The molecule has 0 saturated carbocycles. The Bertz CT molecular complexity index is 240. The molecule has 1 aromatic carbocycles. The Morgan fingerprint density at radius 3 is 2.60 bits per heavy atom. The van der Waals surface area contributed by atoms with Crippen molar-refractivity contribution in [1.82, 2.24) is 0 Å². The summed E-state index contributed by atoms with van der Waals surface area (Å²) in [6, 6.07) is 4.30. The molecule has 0 aliphatic carbocycles. The molecule has 0 heterocycles. The summed E-state index contributed by atoms with van der Waals surface area (Å²) in [7, 11) is 0. The third-order valence-corrected chi connectivity index (χ3v) is 1.54. The summed E-state index contributed by atoms with van der Waals surface area (Å²) in [4.78, 5) is 10.5. The van der Waals surface area contributed by atoms with Gasteiger partial charge in [-0.3, -0.25) is 4.79 Å². The van der Waals surface area contributed by atoms with Gasteiger partial charge in [-0.2, -0.15) is 0 Å². The van der Waals surface area contributed by atoms with E-state index >= 15 is 0 Å². The summed E-state index contributed by atoms with van der Waals surface area (Å²) >= 11 is 3.88. The van der Waals surface area contributed by atoms with Crippen LogP contribution in [0, 0.1) is 5.82 Å². The SMILES string of the molecule is O=Cc1c(F)cccc1S. The molecule has 0 N–H and O–H groups in total. The molecule has 0 aromatic heterocycles. The monoisotopic (exact) mass is 156 g/mol. The highest BCUT2D eigenvalue weighted by Gasteiger charge is 2.01. The molecule has 1 rings (SSSR count). The third kappa shape index (κ3) is 1.19. The first-order valence-corrected chi connectivity index (χ1v) is 3.13. The van der Waals surface area contributed by atoms with Crippen LogP contribution in [-0.2, 0) is 0 Å². The predicted molar refractivity (Wildman–Crippen MR) is 39.0 cm³/mol. The van der Waals surface area contributed by atoms with Crippen LogP contribution in [0.25, 0.3) is 0 Å². The van der Waals surface area contributed by atoms with Gasteiger partial charge in [-0.25, -0.2) is 4.39 Å². The molecule has 10 heavy (non-hydrogen) atoms. The molecule has 0 atom stereocenters. The average molecular weight is 156 g/mol. The maximum atomic E-state index is 12.6. The number of carbonyl (C=O) groups is 1. The van der Waals surface area contributed by atoms with Gasteiger partial charge in [0.15, 0.2) is 6.29 Å². The van der Waals surface area contributed by atoms with Crippen LogP contribution in [-0.4, -0.2) is 6.29 Å². The van der Waals surface area contributed by atoms with Crippen molar-refractivity contribution in [2.75, 3.05) is 0 Å². The molecule has 0 bridgehead atoms. The van der Waals surface area contributed by atoms with E-state index in [9.17, 15) is 9.18 Å².